The number of rotatable bonds is 2. The van der Waals surface area contributed by atoms with Gasteiger partial charge in [-0.2, -0.15) is 0 Å². The predicted molar refractivity (Wildman–Crippen MR) is 59.2 cm³/mol. The summed E-state index contributed by atoms with van der Waals surface area (Å²) in [4.78, 5) is 4.15. The van der Waals surface area contributed by atoms with Crippen LogP contribution < -0.4 is 0 Å². The van der Waals surface area contributed by atoms with Crippen LogP contribution in [0.5, 0.6) is 0 Å². The van der Waals surface area contributed by atoms with Crippen molar-refractivity contribution in [1.29, 1.82) is 0 Å². The summed E-state index contributed by atoms with van der Waals surface area (Å²) in [7, 11) is 0. The Morgan fingerprint density at radius 3 is 2.67 bits per heavy atom. The van der Waals surface area contributed by atoms with Crippen LogP contribution in [0.2, 0.25) is 0 Å². The lowest BCUT2D eigenvalue weighted by molar-refractivity contribution is 0.617. The van der Waals surface area contributed by atoms with Crippen molar-refractivity contribution in [3.8, 4) is 11.3 Å². The molecule has 2 rings (SSSR count). The molecule has 1 aromatic carbocycles. The van der Waals surface area contributed by atoms with Gasteiger partial charge in [-0.25, -0.2) is 4.39 Å². The highest BCUT2D eigenvalue weighted by atomic mass is 35.5. The first-order chi connectivity index (χ1) is 7.31. The van der Waals surface area contributed by atoms with E-state index in [0.29, 0.717) is 5.56 Å². The maximum absolute atomic E-state index is 13.4. The molecule has 0 N–H and O–H groups in total. The van der Waals surface area contributed by atoms with E-state index in [9.17, 15) is 4.39 Å². The van der Waals surface area contributed by atoms with E-state index in [1.165, 1.54) is 6.07 Å². The van der Waals surface area contributed by atoms with E-state index >= 15 is 0 Å². The molecule has 0 radical (unpaired) electrons. The van der Waals surface area contributed by atoms with E-state index in [0.717, 1.165) is 11.3 Å². The zero-order valence-corrected chi connectivity index (χ0v) is 8.71. The third-order valence-electron chi connectivity index (χ3n) is 2.16. The molecule has 0 aliphatic rings. The average Bonchev–Trinajstić information content (AvgIpc) is 2.30. The van der Waals surface area contributed by atoms with Crippen LogP contribution in [0.25, 0.3) is 11.3 Å². The Hall–Kier alpha value is -1.41. The molecule has 15 heavy (non-hydrogen) atoms. The van der Waals surface area contributed by atoms with Gasteiger partial charge in [-0.15, -0.1) is 11.6 Å². The molecular formula is C12H9ClFN. The summed E-state index contributed by atoms with van der Waals surface area (Å²) >= 11 is 5.57. The highest BCUT2D eigenvalue weighted by Gasteiger charge is 2.04. The van der Waals surface area contributed by atoms with Crippen LogP contribution in [0, 0.1) is 5.82 Å². The van der Waals surface area contributed by atoms with Gasteiger partial charge in [0.1, 0.15) is 5.82 Å². The van der Waals surface area contributed by atoms with Crippen molar-refractivity contribution in [2.45, 2.75) is 5.88 Å². The zero-order valence-electron chi connectivity index (χ0n) is 7.95. The summed E-state index contributed by atoms with van der Waals surface area (Å²) in [6, 6.07) is 10.5. The fourth-order valence-electron chi connectivity index (χ4n) is 1.35. The molecule has 2 aromatic rings. The SMILES string of the molecule is Fc1cc(-c2ccccn2)ccc1CCl. The predicted octanol–water partition coefficient (Wildman–Crippen LogP) is 3.63. The van der Waals surface area contributed by atoms with Gasteiger partial charge in [0.2, 0.25) is 0 Å². The zero-order chi connectivity index (χ0) is 10.7. The Morgan fingerprint density at radius 2 is 2.07 bits per heavy atom. The molecule has 0 aliphatic carbocycles. The van der Waals surface area contributed by atoms with Gasteiger partial charge in [0, 0.05) is 17.3 Å². The van der Waals surface area contributed by atoms with E-state index in [2.05, 4.69) is 4.98 Å². The van der Waals surface area contributed by atoms with E-state index in [4.69, 9.17) is 11.6 Å². The van der Waals surface area contributed by atoms with Crippen LogP contribution in [0.4, 0.5) is 4.39 Å². The van der Waals surface area contributed by atoms with Gasteiger partial charge >= 0.3 is 0 Å². The monoisotopic (exact) mass is 221 g/mol. The molecule has 76 valence electrons. The molecule has 0 atom stereocenters. The molecule has 0 unspecified atom stereocenters. The number of halogens is 2. The maximum Gasteiger partial charge on any atom is 0.128 e. The van der Waals surface area contributed by atoms with Crippen molar-refractivity contribution in [2.75, 3.05) is 0 Å². The first kappa shape index (κ1) is 10.1. The lowest BCUT2D eigenvalue weighted by Gasteiger charge is -2.03. The molecule has 0 spiro atoms. The fourth-order valence-corrected chi connectivity index (χ4v) is 1.57. The number of hydrogen-bond acceptors (Lipinski definition) is 1. The molecule has 0 saturated carbocycles. The molecule has 3 heteroatoms. The Labute approximate surface area is 92.5 Å². The molecule has 0 bridgehead atoms. The molecule has 0 amide bonds. The standard InChI is InChI=1S/C12H9ClFN/c13-8-10-5-4-9(7-11(10)14)12-3-1-2-6-15-12/h1-7H,8H2. The van der Waals surface area contributed by atoms with E-state index in [1.54, 1.807) is 12.3 Å². The summed E-state index contributed by atoms with van der Waals surface area (Å²) in [5.41, 5.74) is 2.04. The second kappa shape index (κ2) is 4.41. The number of pyridine rings is 1. The summed E-state index contributed by atoms with van der Waals surface area (Å²) in [5, 5.41) is 0. The van der Waals surface area contributed by atoms with Crippen LogP contribution in [0.3, 0.4) is 0 Å². The van der Waals surface area contributed by atoms with E-state index < -0.39 is 0 Å². The highest BCUT2D eigenvalue weighted by Crippen LogP contribution is 2.20. The average molecular weight is 222 g/mol. The number of hydrogen-bond donors (Lipinski definition) is 0. The van der Waals surface area contributed by atoms with Gasteiger partial charge in [-0.05, 0) is 18.2 Å². The number of aromatic nitrogens is 1. The van der Waals surface area contributed by atoms with Gasteiger partial charge in [0.05, 0.1) is 11.6 Å². The Bertz CT molecular complexity index is 456. The quantitative estimate of drug-likeness (QED) is 0.706. The largest absolute Gasteiger partial charge is 0.256 e. The van der Waals surface area contributed by atoms with Crippen LogP contribution in [-0.2, 0) is 5.88 Å². The van der Waals surface area contributed by atoms with Gasteiger partial charge in [0.25, 0.3) is 0 Å². The summed E-state index contributed by atoms with van der Waals surface area (Å²) in [5.74, 6) is -0.0953. The minimum Gasteiger partial charge on any atom is -0.256 e. The van der Waals surface area contributed by atoms with E-state index in [-0.39, 0.29) is 11.7 Å². The van der Waals surface area contributed by atoms with Crippen molar-refractivity contribution in [3.05, 3.63) is 54.0 Å². The number of alkyl halides is 1. The lowest BCUT2D eigenvalue weighted by atomic mass is 10.1. The highest BCUT2D eigenvalue weighted by molar-refractivity contribution is 6.17. The van der Waals surface area contributed by atoms with Crippen LogP contribution in [-0.4, -0.2) is 4.98 Å². The van der Waals surface area contributed by atoms with Crippen molar-refractivity contribution in [3.63, 3.8) is 0 Å². The van der Waals surface area contributed by atoms with Crippen molar-refractivity contribution in [2.24, 2.45) is 0 Å². The van der Waals surface area contributed by atoms with Crippen LogP contribution >= 0.6 is 11.6 Å². The van der Waals surface area contributed by atoms with Crippen molar-refractivity contribution < 1.29 is 4.39 Å². The third kappa shape index (κ3) is 2.16. The van der Waals surface area contributed by atoms with Gasteiger partial charge in [-0.1, -0.05) is 18.2 Å². The second-order valence-corrected chi connectivity index (χ2v) is 3.42. The van der Waals surface area contributed by atoms with Crippen LogP contribution in [0.1, 0.15) is 5.56 Å². The molecule has 1 nitrogen and oxygen atoms in total. The molecule has 0 saturated heterocycles. The minimum absolute atomic E-state index is 0.189. The fraction of sp³-hybridized carbons (Fsp3) is 0.0833. The number of nitrogens with zero attached hydrogens (tertiary/aromatic N) is 1. The molecular weight excluding hydrogens is 213 g/mol. The van der Waals surface area contributed by atoms with Crippen LogP contribution in [0.15, 0.2) is 42.6 Å². The first-order valence-corrected chi connectivity index (χ1v) is 5.10. The Kier molecular flexibility index (Phi) is 2.97. The Morgan fingerprint density at radius 1 is 1.20 bits per heavy atom. The molecule has 1 heterocycles. The van der Waals surface area contributed by atoms with Gasteiger partial charge < -0.3 is 0 Å². The first-order valence-electron chi connectivity index (χ1n) is 4.57. The lowest BCUT2D eigenvalue weighted by Crippen LogP contribution is -1.88. The summed E-state index contributed by atoms with van der Waals surface area (Å²) in [6.07, 6.45) is 1.68. The molecule has 1 aromatic heterocycles. The Balaban J connectivity index is 2.43. The maximum atomic E-state index is 13.4. The summed E-state index contributed by atoms with van der Waals surface area (Å²) in [6.45, 7) is 0. The summed E-state index contributed by atoms with van der Waals surface area (Å²) < 4.78 is 13.4. The van der Waals surface area contributed by atoms with Crippen molar-refractivity contribution >= 4 is 11.6 Å². The van der Waals surface area contributed by atoms with Crippen molar-refractivity contribution in [1.82, 2.24) is 4.98 Å². The minimum atomic E-state index is -0.284. The van der Waals surface area contributed by atoms with Gasteiger partial charge in [-0.3, -0.25) is 4.98 Å². The smallest absolute Gasteiger partial charge is 0.128 e. The normalized spacial score (nSPS) is 10.3. The number of benzene rings is 1. The molecule has 0 fully saturated rings. The van der Waals surface area contributed by atoms with E-state index in [1.807, 2.05) is 24.3 Å². The molecule has 0 aliphatic heterocycles. The third-order valence-corrected chi connectivity index (χ3v) is 2.45. The second-order valence-electron chi connectivity index (χ2n) is 3.15. The topological polar surface area (TPSA) is 12.9 Å². The van der Waals surface area contributed by atoms with Gasteiger partial charge in [0.15, 0.2) is 0 Å².